The van der Waals surface area contributed by atoms with Gasteiger partial charge in [-0.25, -0.2) is 0 Å². The molecular formula is C12H19ClN2O2. The zero-order chi connectivity index (χ0) is 12.2. The number of carbonyl (C=O) groups is 1. The summed E-state index contributed by atoms with van der Waals surface area (Å²) in [5.74, 6) is -0.429. The number of rotatable bonds is 4. The van der Waals surface area contributed by atoms with Crippen LogP contribution in [-0.2, 0) is 4.79 Å². The molecule has 1 rings (SSSR count). The predicted molar refractivity (Wildman–Crippen MR) is 69.9 cm³/mol. The Morgan fingerprint density at radius 2 is 1.94 bits per heavy atom. The fourth-order valence-corrected chi connectivity index (χ4v) is 1.24. The van der Waals surface area contributed by atoms with Crippen LogP contribution in [0.1, 0.15) is 25.5 Å². The number of nitrogens with two attached hydrogens (primary N) is 1. The largest absolute Gasteiger partial charge is 0.378 e. The Morgan fingerprint density at radius 1 is 1.41 bits per heavy atom. The van der Waals surface area contributed by atoms with Crippen molar-refractivity contribution in [2.24, 2.45) is 5.73 Å². The highest BCUT2D eigenvalue weighted by atomic mass is 35.5. The molecule has 1 atom stereocenters. The predicted octanol–water partition coefficient (Wildman–Crippen LogP) is 0.995. The Hall–Kier alpha value is -1.10. The molecule has 0 radical (unpaired) electrons. The van der Waals surface area contributed by atoms with E-state index in [0.29, 0.717) is 12.1 Å². The van der Waals surface area contributed by atoms with Gasteiger partial charge in [0.25, 0.3) is 5.91 Å². The lowest BCUT2D eigenvalue weighted by atomic mass is 10.0. The van der Waals surface area contributed by atoms with Gasteiger partial charge in [-0.1, -0.05) is 30.3 Å². The first kappa shape index (κ1) is 15.9. The van der Waals surface area contributed by atoms with Crippen molar-refractivity contribution in [2.45, 2.75) is 25.5 Å². The molecule has 0 aliphatic carbocycles. The fraction of sp³-hybridized carbons (Fsp3) is 0.417. The molecule has 0 aliphatic heterocycles. The number of aliphatic hydroxyl groups excluding tert-OH is 1. The van der Waals surface area contributed by atoms with E-state index in [1.807, 2.05) is 19.9 Å². The van der Waals surface area contributed by atoms with Crippen LogP contribution in [0.3, 0.4) is 0 Å². The second-order valence-electron chi connectivity index (χ2n) is 4.39. The number of amides is 1. The van der Waals surface area contributed by atoms with Gasteiger partial charge in [0.2, 0.25) is 0 Å². The summed E-state index contributed by atoms with van der Waals surface area (Å²) in [4.78, 5) is 11.7. The Kier molecular flexibility index (Phi) is 6.16. The highest BCUT2D eigenvalue weighted by Gasteiger charge is 2.24. The molecule has 0 heterocycles. The maximum absolute atomic E-state index is 11.7. The van der Waals surface area contributed by atoms with Crippen LogP contribution >= 0.6 is 12.4 Å². The molecule has 1 amide bonds. The van der Waals surface area contributed by atoms with Crippen LogP contribution < -0.4 is 11.1 Å². The van der Waals surface area contributed by atoms with E-state index in [4.69, 9.17) is 5.73 Å². The van der Waals surface area contributed by atoms with Gasteiger partial charge in [0.05, 0.1) is 0 Å². The van der Waals surface area contributed by atoms with E-state index < -0.39 is 17.6 Å². The molecule has 4 N–H and O–H groups in total. The lowest BCUT2D eigenvalue weighted by Crippen LogP contribution is -2.50. The minimum atomic E-state index is -1.15. The normalized spacial score (nSPS) is 12.5. The van der Waals surface area contributed by atoms with E-state index in [2.05, 4.69) is 5.32 Å². The first-order valence-corrected chi connectivity index (χ1v) is 5.21. The van der Waals surface area contributed by atoms with Gasteiger partial charge in [-0.3, -0.25) is 4.79 Å². The van der Waals surface area contributed by atoms with Crippen LogP contribution in [0.15, 0.2) is 30.3 Å². The minimum Gasteiger partial charge on any atom is -0.378 e. The van der Waals surface area contributed by atoms with Gasteiger partial charge < -0.3 is 16.2 Å². The van der Waals surface area contributed by atoms with E-state index in [9.17, 15) is 9.90 Å². The molecule has 0 spiro atoms. The Morgan fingerprint density at radius 3 is 2.41 bits per heavy atom. The van der Waals surface area contributed by atoms with Crippen molar-refractivity contribution in [3.05, 3.63) is 35.9 Å². The zero-order valence-corrected chi connectivity index (χ0v) is 10.8. The molecule has 0 aliphatic rings. The number of hydrogen-bond acceptors (Lipinski definition) is 3. The molecule has 1 aromatic carbocycles. The molecule has 17 heavy (non-hydrogen) atoms. The van der Waals surface area contributed by atoms with Crippen molar-refractivity contribution < 1.29 is 9.90 Å². The van der Waals surface area contributed by atoms with E-state index in [0.717, 1.165) is 0 Å². The van der Waals surface area contributed by atoms with Gasteiger partial charge in [-0.15, -0.1) is 12.4 Å². The zero-order valence-electron chi connectivity index (χ0n) is 10.0. The summed E-state index contributed by atoms with van der Waals surface area (Å²) in [5, 5.41) is 12.5. The van der Waals surface area contributed by atoms with Gasteiger partial charge in [0, 0.05) is 12.1 Å². The van der Waals surface area contributed by atoms with Gasteiger partial charge in [0.1, 0.15) is 0 Å². The lowest BCUT2D eigenvalue weighted by molar-refractivity contribution is -0.131. The Balaban J connectivity index is 0.00000256. The number of aliphatic hydroxyl groups is 1. The van der Waals surface area contributed by atoms with Crippen molar-refractivity contribution in [1.29, 1.82) is 0 Å². The second kappa shape index (κ2) is 6.59. The standard InChI is InChI=1S/C12H18N2O2.ClH/c1-12(2,8-13)14-11(16)10(15)9-6-4-3-5-7-9;/h3-7,10,15H,8,13H2,1-2H3,(H,14,16);1H. The maximum atomic E-state index is 11.7. The van der Waals surface area contributed by atoms with Crippen molar-refractivity contribution in [2.75, 3.05) is 6.54 Å². The number of benzene rings is 1. The van der Waals surface area contributed by atoms with Crippen molar-refractivity contribution >= 4 is 18.3 Å². The molecule has 0 fully saturated rings. The third-order valence-electron chi connectivity index (χ3n) is 2.34. The van der Waals surface area contributed by atoms with Crippen LogP contribution in [0.4, 0.5) is 0 Å². The molecule has 0 saturated carbocycles. The highest BCUT2D eigenvalue weighted by molar-refractivity contribution is 5.85. The van der Waals surface area contributed by atoms with E-state index in [1.54, 1.807) is 24.3 Å². The third-order valence-corrected chi connectivity index (χ3v) is 2.34. The highest BCUT2D eigenvalue weighted by Crippen LogP contribution is 2.13. The summed E-state index contributed by atoms with van der Waals surface area (Å²) in [6, 6.07) is 8.80. The molecule has 0 saturated heterocycles. The number of halogens is 1. The molecular weight excluding hydrogens is 240 g/mol. The average molecular weight is 259 g/mol. The van der Waals surface area contributed by atoms with Crippen molar-refractivity contribution in [3.63, 3.8) is 0 Å². The van der Waals surface area contributed by atoms with Crippen LogP contribution in [-0.4, -0.2) is 23.1 Å². The Labute approximate surface area is 108 Å². The van der Waals surface area contributed by atoms with Crippen molar-refractivity contribution in [3.8, 4) is 0 Å². The Bertz CT molecular complexity index is 355. The molecule has 0 bridgehead atoms. The summed E-state index contributed by atoms with van der Waals surface area (Å²) < 4.78 is 0. The quantitative estimate of drug-likeness (QED) is 0.754. The smallest absolute Gasteiger partial charge is 0.253 e. The van der Waals surface area contributed by atoms with Gasteiger partial charge in [0.15, 0.2) is 6.10 Å². The monoisotopic (exact) mass is 258 g/mol. The van der Waals surface area contributed by atoms with E-state index >= 15 is 0 Å². The molecule has 5 heteroatoms. The molecule has 1 unspecified atom stereocenters. The van der Waals surface area contributed by atoms with Crippen LogP contribution in [0, 0.1) is 0 Å². The second-order valence-corrected chi connectivity index (χ2v) is 4.39. The van der Waals surface area contributed by atoms with Crippen LogP contribution in [0.25, 0.3) is 0 Å². The first-order chi connectivity index (χ1) is 7.46. The van der Waals surface area contributed by atoms with E-state index in [-0.39, 0.29) is 12.4 Å². The summed E-state index contributed by atoms with van der Waals surface area (Å²) >= 11 is 0. The van der Waals surface area contributed by atoms with Gasteiger partial charge in [-0.2, -0.15) is 0 Å². The summed E-state index contributed by atoms with van der Waals surface area (Å²) in [6.45, 7) is 3.94. The SMILES string of the molecule is CC(C)(CN)NC(=O)C(O)c1ccccc1.Cl. The fourth-order valence-electron chi connectivity index (χ4n) is 1.24. The molecule has 0 aromatic heterocycles. The number of nitrogens with one attached hydrogen (secondary N) is 1. The van der Waals surface area contributed by atoms with Crippen LogP contribution in [0.2, 0.25) is 0 Å². The average Bonchev–Trinajstić information content (AvgIpc) is 2.28. The summed E-state index contributed by atoms with van der Waals surface area (Å²) in [6.07, 6.45) is -1.15. The van der Waals surface area contributed by atoms with Crippen molar-refractivity contribution in [1.82, 2.24) is 5.32 Å². The third kappa shape index (κ3) is 4.73. The molecule has 1 aromatic rings. The minimum absolute atomic E-state index is 0. The van der Waals surface area contributed by atoms with Crippen LogP contribution in [0.5, 0.6) is 0 Å². The molecule has 4 nitrogen and oxygen atoms in total. The van der Waals surface area contributed by atoms with Gasteiger partial charge in [-0.05, 0) is 19.4 Å². The number of carbonyl (C=O) groups excluding carboxylic acids is 1. The maximum Gasteiger partial charge on any atom is 0.253 e. The van der Waals surface area contributed by atoms with E-state index in [1.165, 1.54) is 0 Å². The van der Waals surface area contributed by atoms with Gasteiger partial charge >= 0.3 is 0 Å². The summed E-state index contributed by atoms with van der Waals surface area (Å²) in [5.41, 5.74) is 5.57. The first-order valence-electron chi connectivity index (χ1n) is 5.21. The lowest BCUT2D eigenvalue weighted by Gasteiger charge is -2.25. The summed E-state index contributed by atoms with van der Waals surface area (Å²) in [7, 11) is 0. The topological polar surface area (TPSA) is 75.3 Å². The number of hydrogen-bond donors (Lipinski definition) is 3. The molecule has 96 valence electrons.